The first-order valence-corrected chi connectivity index (χ1v) is 6.48. The molecule has 1 atom stereocenters. The molecule has 0 aliphatic heterocycles. The zero-order chi connectivity index (χ0) is 13.5. The number of nitrogens with zero attached hydrogens (tertiary/aromatic N) is 1. The van der Waals surface area contributed by atoms with Gasteiger partial charge in [0.1, 0.15) is 5.75 Å². The highest BCUT2D eigenvalue weighted by Crippen LogP contribution is 2.15. The minimum absolute atomic E-state index is 0.333. The highest BCUT2D eigenvalue weighted by Gasteiger charge is 2.07. The standard InChI is InChI=1S/C16H19NO2/c1-19-16-4-2-3-14(12-16)11-15(18)6-5-13-7-9-17-10-8-13/h2-4,7-10,12,15,18H,5-6,11H2,1H3. The average Bonchev–Trinajstić information content (AvgIpc) is 2.46. The molecule has 0 fully saturated rings. The Hall–Kier alpha value is -1.87. The van der Waals surface area contributed by atoms with Crippen LogP contribution in [0, 0.1) is 0 Å². The second-order valence-electron chi connectivity index (χ2n) is 4.60. The molecule has 0 aliphatic carbocycles. The Balaban J connectivity index is 1.85. The molecule has 100 valence electrons. The van der Waals surface area contributed by atoms with Crippen LogP contribution in [-0.2, 0) is 12.8 Å². The van der Waals surface area contributed by atoms with Crippen LogP contribution in [0.15, 0.2) is 48.8 Å². The first-order valence-electron chi connectivity index (χ1n) is 6.48. The molecular formula is C16H19NO2. The number of hydrogen-bond acceptors (Lipinski definition) is 3. The van der Waals surface area contributed by atoms with Crippen LogP contribution in [0.2, 0.25) is 0 Å². The van der Waals surface area contributed by atoms with E-state index >= 15 is 0 Å². The van der Waals surface area contributed by atoms with Crippen molar-refractivity contribution in [2.75, 3.05) is 7.11 Å². The molecule has 3 heteroatoms. The summed E-state index contributed by atoms with van der Waals surface area (Å²) >= 11 is 0. The van der Waals surface area contributed by atoms with Crippen molar-refractivity contribution in [3.05, 3.63) is 59.9 Å². The summed E-state index contributed by atoms with van der Waals surface area (Å²) in [6.45, 7) is 0. The van der Waals surface area contributed by atoms with E-state index in [9.17, 15) is 5.11 Å². The molecule has 0 radical (unpaired) electrons. The normalized spacial score (nSPS) is 12.1. The monoisotopic (exact) mass is 257 g/mol. The Kier molecular flexibility index (Phi) is 4.93. The number of rotatable bonds is 6. The van der Waals surface area contributed by atoms with Gasteiger partial charge in [-0.05, 0) is 54.7 Å². The quantitative estimate of drug-likeness (QED) is 0.865. The van der Waals surface area contributed by atoms with E-state index < -0.39 is 0 Å². The minimum Gasteiger partial charge on any atom is -0.497 e. The van der Waals surface area contributed by atoms with Crippen LogP contribution in [0.4, 0.5) is 0 Å². The third-order valence-electron chi connectivity index (χ3n) is 3.12. The van der Waals surface area contributed by atoms with Crippen LogP contribution < -0.4 is 4.74 Å². The molecule has 0 aliphatic rings. The highest BCUT2D eigenvalue weighted by molar-refractivity contribution is 5.28. The van der Waals surface area contributed by atoms with Gasteiger partial charge in [0.05, 0.1) is 13.2 Å². The van der Waals surface area contributed by atoms with E-state index in [2.05, 4.69) is 4.98 Å². The van der Waals surface area contributed by atoms with Crippen molar-refractivity contribution >= 4 is 0 Å². The Labute approximate surface area is 113 Å². The molecule has 0 spiro atoms. The number of aryl methyl sites for hydroxylation is 1. The Morgan fingerprint density at radius 3 is 2.68 bits per heavy atom. The molecule has 1 aromatic heterocycles. The van der Waals surface area contributed by atoms with Crippen molar-refractivity contribution in [2.24, 2.45) is 0 Å². The van der Waals surface area contributed by atoms with E-state index in [4.69, 9.17) is 4.74 Å². The minimum atomic E-state index is -0.333. The molecule has 1 N–H and O–H groups in total. The number of pyridine rings is 1. The van der Waals surface area contributed by atoms with Crippen LogP contribution in [0.5, 0.6) is 5.75 Å². The van der Waals surface area contributed by atoms with E-state index in [0.29, 0.717) is 6.42 Å². The second-order valence-corrected chi connectivity index (χ2v) is 4.60. The molecular weight excluding hydrogens is 238 g/mol. The van der Waals surface area contributed by atoms with Crippen molar-refractivity contribution in [2.45, 2.75) is 25.4 Å². The summed E-state index contributed by atoms with van der Waals surface area (Å²) in [5, 5.41) is 10.1. The van der Waals surface area contributed by atoms with Gasteiger partial charge < -0.3 is 9.84 Å². The first kappa shape index (κ1) is 13.6. The van der Waals surface area contributed by atoms with E-state index in [0.717, 1.165) is 24.2 Å². The smallest absolute Gasteiger partial charge is 0.119 e. The number of aliphatic hydroxyl groups excluding tert-OH is 1. The summed E-state index contributed by atoms with van der Waals surface area (Å²) in [5.41, 5.74) is 2.31. The number of ether oxygens (including phenoxy) is 1. The topological polar surface area (TPSA) is 42.4 Å². The van der Waals surface area contributed by atoms with Gasteiger partial charge in [-0.2, -0.15) is 0 Å². The fraction of sp³-hybridized carbons (Fsp3) is 0.312. The lowest BCUT2D eigenvalue weighted by molar-refractivity contribution is 0.165. The van der Waals surface area contributed by atoms with Gasteiger partial charge in [-0.1, -0.05) is 12.1 Å². The van der Waals surface area contributed by atoms with Crippen LogP contribution >= 0.6 is 0 Å². The van der Waals surface area contributed by atoms with E-state index in [-0.39, 0.29) is 6.10 Å². The first-order chi connectivity index (χ1) is 9.28. The molecule has 1 aromatic carbocycles. The lowest BCUT2D eigenvalue weighted by Gasteiger charge is -2.11. The predicted molar refractivity (Wildman–Crippen MR) is 75.3 cm³/mol. The summed E-state index contributed by atoms with van der Waals surface area (Å²) in [6.07, 6.45) is 5.50. The maximum absolute atomic E-state index is 10.1. The van der Waals surface area contributed by atoms with Crippen LogP contribution in [0.25, 0.3) is 0 Å². The average molecular weight is 257 g/mol. The fourth-order valence-electron chi connectivity index (χ4n) is 2.06. The van der Waals surface area contributed by atoms with Gasteiger partial charge in [0.25, 0.3) is 0 Å². The summed E-state index contributed by atoms with van der Waals surface area (Å²) in [7, 11) is 1.65. The zero-order valence-electron chi connectivity index (χ0n) is 11.1. The molecule has 0 bridgehead atoms. The molecule has 1 heterocycles. The molecule has 3 nitrogen and oxygen atoms in total. The van der Waals surface area contributed by atoms with Gasteiger partial charge in [-0.25, -0.2) is 0 Å². The maximum atomic E-state index is 10.1. The maximum Gasteiger partial charge on any atom is 0.119 e. The van der Waals surface area contributed by atoms with Crippen LogP contribution in [0.1, 0.15) is 17.5 Å². The summed E-state index contributed by atoms with van der Waals surface area (Å²) in [4.78, 5) is 3.98. The number of aliphatic hydroxyl groups is 1. The fourth-order valence-corrected chi connectivity index (χ4v) is 2.06. The Morgan fingerprint density at radius 1 is 1.16 bits per heavy atom. The van der Waals surface area contributed by atoms with Gasteiger partial charge in [-0.3, -0.25) is 4.98 Å². The van der Waals surface area contributed by atoms with Crippen molar-refractivity contribution in [3.8, 4) is 5.75 Å². The number of aromatic nitrogens is 1. The third kappa shape index (κ3) is 4.38. The summed E-state index contributed by atoms with van der Waals surface area (Å²) in [6, 6.07) is 11.8. The molecule has 2 rings (SSSR count). The van der Waals surface area contributed by atoms with E-state index in [1.807, 2.05) is 36.4 Å². The summed E-state index contributed by atoms with van der Waals surface area (Å²) < 4.78 is 5.18. The number of hydrogen-bond donors (Lipinski definition) is 1. The highest BCUT2D eigenvalue weighted by atomic mass is 16.5. The third-order valence-corrected chi connectivity index (χ3v) is 3.12. The van der Waals surface area contributed by atoms with Crippen molar-refractivity contribution in [1.29, 1.82) is 0 Å². The van der Waals surface area contributed by atoms with Gasteiger partial charge in [0.15, 0.2) is 0 Å². The van der Waals surface area contributed by atoms with Crippen molar-refractivity contribution in [3.63, 3.8) is 0 Å². The van der Waals surface area contributed by atoms with Crippen LogP contribution in [0.3, 0.4) is 0 Å². The Bertz CT molecular complexity index is 499. The lowest BCUT2D eigenvalue weighted by Crippen LogP contribution is -2.11. The van der Waals surface area contributed by atoms with Crippen molar-refractivity contribution in [1.82, 2.24) is 4.98 Å². The van der Waals surface area contributed by atoms with Crippen molar-refractivity contribution < 1.29 is 9.84 Å². The number of methoxy groups -OCH3 is 1. The predicted octanol–water partition coefficient (Wildman–Crippen LogP) is 2.63. The zero-order valence-corrected chi connectivity index (χ0v) is 11.1. The van der Waals surface area contributed by atoms with E-state index in [1.165, 1.54) is 5.56 Å². The summed E-state index contributed by atoms with van der Waals surface area (Å²) in [5.74, 6) is 0.832. The molecule has 0 saturated heterocycles. The molecule has 0 amide bonds. The Morgan fingerprint density at radius 2 is 1.95 bits per heavy atom. The van der Waals surface area contributed by atoms with Gasteiger partial charge in [0.2, 0.25) is 0 Å². The number of benzene rings is 1. The SMILES string of the molecule is COc1cccc(CC(O)CCc2ccncc2)c1. The lowest BCUT2D eigenvalue weighted by atomic mass is 10.0. The molecule has 1 unspecified atom stereocenters. The van der Waals surface area contributed by atoms with Gasteiger partial charge in [-0.15, -0.1) is 0 Å². The largest absolute Gasteiger partial charge is 0.497 e. The van der Waals surface area contributed by atoms with Crippen LogP contribution in [-0.4, -0.2) is 23.3 Å². The van der Waals surface area contributed by atoms with E-state index in [1.54, 1.807) is 19.5 Å². The van der Waals surface area contributed by atoms with Gasteiger partial charge in [0, 0.05) is 12.4 Å². The molecule has 0 saturated carbocycles. The second kappa shape index (κ2) is 6.90. The molecule has 2 aromatic rings. The molecule has 19 heavy (non-hydrogen) atoms. The van der Waals surface area contributed by atoms with Gasteiger partial charge >= 0.3 is 0 Å².